The highest BCUT2D eigenvalue weighted by atomic mass is 32.1. The zero-order chi connectivity index (χ0) is 21.7. The predicted molar refractivity (Wildman–Crippen MR) is 124 cm³/mol. The zero-order valence-corrected chi connectivity index (χ0v) is 18.5. The summed E-state index contributed by atoms with van der Waals surface area (Å²) in [5.74, 6) is -0.336. The van der Waals surface area contributed by atoms with Crippen LogP contribution >= 0.6 is 12.2 Å². The van der Waals surface area contributed by atoms with Gasteiger partial charge in [-0.05, 0) is 69.7 Å². The molecule has 0 atom stereocenters. The molecule has 2 aromatic carbocycles. The molecule has 0 radical (unpaired) electrons. The van der Waals surface area contributed by atoms with Crippen LogP contribution in [-0.2, 0) is 11.3 Å². The van der Waals surface area contributed by atoms with E-state index in [0.29, 0.717) is 23.8 Å². The SMILES string of the molecule is CCOC(=O)c1ccc(NC(=S)Nc2c(C)nn(Cc3cccc(C)c3)c2C)cc1. The highest BCUT2D eigenvalue weighted by molar-refractivity contribution is 7.80. The van der Waals surface area contributed by atoms with Gasteiger partial charge in [0.15, 0.2) is 5.11 Å². The number of aromatic nitrogens is 2. The van der Waals surface area contributed by atoms with Gasteiger partial charge in [-0.3, -0.25) is 4.68 Å². The average molecular weight is 423 g/mol. The monoisotopic (exact) mass is 422 g/mol. The number of carbonyl (C=O) groups excluding carboxylic acids is 1. The molecule has 0 saturated heterocycles. The lowest BCUT2D eigenvalue weighted by atomic mass is 10.1. The van der Waals surface area contributed by atoms with Crippen molar-refractivity contribution >= 4 is 34.7 Å². The van der Waals surface area contributed by atoms with Gasteiger partial charge in [-0.1, -0.05) is 29.8 Å². The third-order valence-electron chi connectivity index (χ3n) is 4.69. The van der Waals surface area contributed by atoms with E-state index < -0.39 is 0 Å². The summed E-state index contributed by atoms with van der Waals surface area (Å²) in [5, 5.41) is 11.5. The highest BCUT2D eigenvalue weighted by Crippen LogP contribution is 2.21. The van der Waals surface area contributed by atoms with Crippen molar-refractivity contribution < 1.29 is 9.53 Å². The third kappa shape index (κ3) is 5.24. The summed E-state index contributed by atoms with van der Waals surface area (Å²) < 4.78 is 6.97. The van der Waals surface area contributed by atoms with Crippen LogP contribution in [0.1, 0.15) is 39.8 Å². The molecule has 30 heavy (non-hydrogen) atoms. The van der Waals surface area contributed by atoms with Crippen LogP contribution in [0.3, 0.4) is 0 Å². The molecule has 3 rings (SSSR count). The predicted octanol–water partition coefficient (Wildman–Crippen LogP) is 4.84. The van der Waals surface area contributed by atoms with Gasteiger partial charge in [-0.2, -0.15) is 5.10 Å². The Morgan fingerprint density at radius 3 is 2.50 bits per heavy atom. The number of esters is 1. The molecule has 0 unspecified atom stereocenters. The zero-order valence-electron chi connectivity index (χ0n) is 17.7. The Kier molecular flexibility index (Phi) is 6.84. The first-order valence-corrected chi connectivity index (χ1v) is 10.2. The van der Waals surface area contributed by atoms with Crippen LogP contribution in [0.2, 0.25) is 0 Å². The molecule has 0 bridgehead atoms. The number of nitrogens with one attached hydrogen (secondary N) is 2. The second-order valence-electron chi connectivity index (χ2n) is 7.07. The highest BCUT2D eigenvalue weighted by Gasteiger charge is 2.13. The van der Waals surface area contributed by atoms with Gasteiger partial charge in [0.25, 0.3) is 0 Å². The number of aryl methyl sites for hydroxylation is 2. The van der Waals surface area contributed by atoms with E-state index in [1.807, 2.05) is 18.5 Å². The molecule has 0 saturated carbocycles. The Bertz CT molecular complexity index is 1060. The van der Waals surface area contributed by atoms with Crippen LogP contribution in [0.25, 0.3) is 0 Å². The van der Waals surface area contributed by atoms with E-state index in [4.69, 9.17) is 17.0 Å². The number of hydrogen-bond acceptors (Lipinski definition) is 4. The summed E-state index contributed by atoms with van der Waals surface area (Å²) in [4.78, 5) is 11.8. The van der Waals surface area contributed by atoms with Gasteiger partial charge in [-0.25, -0.2) is 4.79 Å². The van der Waals surface area contributed by atoms with Crippen molar-refractivity contribution in [2.75, 3.05) is 17.2 Å². The first kappa shape index (κ1) is 21.5. The number of nitrogens with zero attached hydrogens (tertiary/aromatic N) is 2. The third-order valence-corrected chi connectivity index (χ3v) is 4.89. The second kappa shape index (κ2) is 9.54. The number of ether oxygens (including phenoxy) is 1. The van der Waals surface area contributed by atoms with Gasteiger partial charge >= 0.3 is 5.97 Å². The quantitative estimate of drug-likeness (QED) is 0.438. The van der Waals surface area contributed by atoms with E-state index in [1.54, 1.807) is 31.2 Å². The Morgan fingerprint density at radius 2 is 1.83 bits per heavy atom. The summed E-state index contributed by atoms with van der Waals surface area (Å²) in [6, 6.07) is 15.4. The second-order valence-corrected chi connectivity index (χ2v) is 7.48. The normalized spacial score (nSPS) is 10.5. The number of anilines is 2. The molecule has 6 nitrogen and oxygen atoms in total. The van der Waals surface area contributed by atoms with Crippen molar-refractivity contribution in [1.82, 2.24) is 9.78 Å². The number of rotatable bonds is 6. The lowest BCUT2D eigenvalue weighted by Gasteiger charge is -2.12. The lowest BCUT2D eigenvalue weighted by molar-refractivity contribution is 0.0526. The first-order valence-electron chi connectivity index (χ1n) is 9.82. The molecular formula is C23H26N4O2S. The maximum atomic E-state index is 11.8. The standard InChI is InChI=1S/C23H26N4O2S/c1-5-29-22(28)19-9-11-20(12-10-19)24-23(30)25-21-16(3)26-27(17(21)4)14-18-8-6-7-15(2)13-18/h6-13H,5,14H2,1-4H3,(H2,24,25,30). The molecule has 0 aliphatic carbocycles. The molecule has 1 aromatic heterocycles. The summed E-state index contributed by atoms with van der Waals surface area (Å²) in [6.45, 7) is 8.90. The smallest absolute Gasteiger partial charge is 0.338 e. The molecule has 0 aliphatic heterocycles. The fraction of sp³-hybridized carbons (Fsp3) is 0.261. The Balaban J connectivity index is 1.66. The lowest BCUT2D eigenvalue weighted by Crippen LogP contribution is -2.20. The van der Waals surface area contributed by atoms with Crippen LogP contribution in [0, 0.1) is 20.8 Å². The van der Waals surface area contributed by atoms with Crippen molar-refractivity contribution in [2.24, 2.45) is 0 Å². The number of benzene rings is 2. The topological polar surface area (TPSA) is 68.2 Å². The van der Waals surface area contributed by atoms with E-state index in [-0.39, 0.29) is 5.97 Å². The van der Waals surface area contributed by atoms with Crippen molar-refractivity contribution in [3.05, 3.63) is 76.6 Å². The summed E-state index contributed by atoms with van der Waals surface area (Å²) in [6.07, 6.45) is 0. The van der Waals surface area contributed by atoms with Crippen molar-refractivity contribution in [2.45, 2.75) is 34.2 Å². The van der Waals surface area contributed by atoms with Gasteiger partial charge in [-0.15, -0.1) is 0 Å². The van der Waals surface area contributed by atoms with Crippen molar-refractivity contribution in [3.8, 4) is 0 Å². The summed E-state index contributed by atoms with van der Waals surface area (Å²) in [7, 11) is 0. The summed E-state index contributed by atoms with van der Waals surface area (Å²) >= 11 is 5.47. The van der Waals surface area contributed by atoms with Gasteiger partial charge in [0.1, 0.15) is 0 Å². The van der Waals surface area contributed by atoms with Gasteiger partial charge < -0.3 is 15.4 Å². The fourth-order valence-corrected chi connectivity index (χ4v) is 3.42. The van der Waals surface area contributed by atoms with E-state index >= 15 is 0 Å². The molecule has 3 aromatic rings. The van der Waals surface area contributed by atoms with Crippen LogP contribution in [-0.4, -0.2) is 27.5 Å². The minimum absolute atomic E-state index is 0.336. The maximum Gasteiger partial charge on any atom is 0.338 e. The average Bonchev–Trinajstić information content (AvgIpc) is 2.96. The fourth-order valence-electron chi connectivity index (χ4n) is 3.20. The molecule has 0 amide bonds. The molecule has 156 valence electrons. The van der Waals surface area contributed by atoms with Crippen LogP contribution in [0.15, 0.2) is 48.5 Å². The van der Waals surface area contributed by atoms with E-state index in [2.05, 4.69) is 46.9 Å². The van der Waals surface area contributed by atoms with E-state index in [1.165, 1.54) is 11.1 Å². The Morgan fingerprint density at radius 1 is 1.10 bits per heavy atom. The van der Waals surface area contributed by atoms with Gasteiger partial charge in [0.2, 0.25) is 0 Å². The summed E-state index contributed by atoms with van der Waals surface area (Å²) in [5.41, 5.74) is 6.50. The first-order chi connectivity index (χ1) is 14.4. The van der Waals surface area contributed by atoms with Gasteiger partial charge in [0, 0.05) is 5.69 Å². The Labute approximate surface area is 182 Å². The molecule has 7 heteroatoms. The molecule has 0 aliphatic rings. The minimum Gasteiger partial charge on any atom is -0.462 e. The number of carbonyl (C=O) groups is 1. The Hall–Kier alpha value is -3.19. The number of thiocarbonyl (C=S) groups is 1. The maximum absolute atomic E-state index is 11.8. The molecule has 2 N–H and O–H groups in total. The van der Waals surface area contributed by atoms with Crippen LogP contribution in [0.5, 0.6) is 0 Å². The molecule has 0 spiro atoms. The van der Waals surface area contributed by atoms with Gasteiger partial charge in [0.05, 0.1) is 35.8 Å². The largest absolute Gasteiger partial charge is 0.462 e. The minimum atomic E-state index is -0.336. The van der Waals surface area contributed by atoms with E-state index in [9.17, 15) is 4.79 Å². The number of hydrogen-bond donors (Lipinski definition) is 2. The molecule has 1 heterocycles. The van der Waals surface area contributed by atoms with Crippen LogP contribution in [0.4, 0.5) is 11.4 Å². The van der Waals surface area contributed by atoms with Crippen molar-refractivity contribution in [1.29, 1.82) is 0 Å². The molecule has 0 fully saturated rings. The van der Waals surface area contributed by atoms with Crippen molar-refractivity contribution in [3.63, 3.8) is 0 Å². The van der Waals surface area contributed by atoms with E-state index in [0.717, 1.165) is 22.8 Å². The molecular weight excluding hydrogens is 396 g/mol. The van der Waals surface area contributed by atoms with Crippen LogP contribution < -0.4 is 10.6 Å².